The summed E-state index contributed by atoms with van der Waals surface area (Å²) in [5.41, 5.74) is 2.47. The number of rotatable bonds is 3. The summed E-state index contributed by atoms with van der Waals surface area (Å²) in [6.07, 6.45) is 2.23. The van der Waals surface area contributed by atoms with E-state index in [0.717, 1.165) is 29.1 Å². The van der Waals surface area contributed by atoms with Crippen LogP contribution < -0.4 is 0 Å². The highest BCUT2D eigenvalue weighted by Crippen LogP contribution is 2.44. The maximum atomic E-state index is 11.3. The second kappa shape index (κ2) is 3.74. The van der Waals surface area contributed by atoms with Crippen molar-refractivity contribution < 1.29 is 9.90 Å². The number of carbonyl (C=O) groups is 1. The van der Waals surface area contributed by atoms with Crippen molar-refractivity contribution in [1.29, 1.82) is 0 Å². The number of aromatic nitrogens is 1. The van der Waals surface area contributed by atoms with Gasteiger partial charge in [0, 0.05) is 18.7 Å². The van der Waals surface area contributed by atoms with E-state index in [1.165, 1.54) is 0 Å². The molecular formula is C13H13NO2S. The van der Waals surface area contributed by atoms with E-state index in [1.807, 2.05) is 35.2 Å². The Morgan fingerprint density at radius 1 is 1.53 bits per heavy atom. The molecule has 2 aromatic rings. The average molecular weight is 247 g/mol. The van der Waals surface area contributed by atoms with Crippen LogP contribution in [0.25, 0.3) is 10.6 Å². The first-order valence-electron chi connectivity index (χ1n) is 5.65. The van der Waals surface area contributed by atoms with Crippen molar-refractivity contribution in [2.45, 2.75) is 18.8 Å². The van der Waals surface area contributed by atoms with E-state index in [9.17, 15) is 9.90 Å². The summed E-state index contributed by atoms with van der Waals surface area (Å²) < 4.78 is 2.05. The Bertz CT molecular complexity index is 565. The van der Waals surface area contributed by atoms with Gasteiger partial charge in [0.2, 0.25) is 0 Å². The summed E-state index contributed by atoms with van der Waals surface area (Å²) in [4.78, 5) is 12.4. The summed E-state index contributed by atoms with van der Waals surface area (Å²) in [5, 5.41) is 11.3. The lowest BCUT2D eigenvalue weighted by molar-refractivity contribution is 0.0695. The molecule has 0 amide bonds. The van der Waals surface area contributed by atoms with Gasteiger partial charge in [0.15, 0.2) is 0 Å². The van der Waals surface area contributed by atoms with Crippen LogP contribution in [-0.2, 0) is 7.05 Å². The van der Waals surface area contributed by atoms with Gasteiger partial charge >= 0.3 is 5.97 Å². The molecule has 0 saturated heterocycles. The summed E-state index contributed by atoms with van der Waals surface area (Å²) in [6.45, 7) is 0. The SMILES string of the molecule is Cn1c(-c2cccs2)cc(C(=O)O)c1C1CC1. The van der Waals surface area contributed by atoms with Gasteiger partial charge in [-0.15, -0.1) is 11.3 Å². The Morgan fingerprint density at radius 3 is 2.82 bits per heavy atom. The Hall–Kier alpha value is -1.55. The van der Waals surface area contributed by atoms with Gasteiger partial charge in [-0.1, -0.05) is 6.07 Å². The smallest absolute Gasteiger partial charge is 0.337 e. The van der Waals surface area contributed by atoms with Crippen LogP contribution in [0.2, 0.25) is 0 Å². The third-order valence-electron chi connectivity index (χ3n) is 3.25. The maximum absolute atomic E-state index is 11.3. The highest BCUT2D eigenvalue weighted by Gasteiger charge is 2.32. The molecule has 1 aliphatic carbocycles. The van der Waals surface area contributed by atoms with E-state index in [4.69, 9.17) is 0 Å². The lowest BCUT2D eigenvalue weighted by Gasteiger charge is -2.05. The first-order valence-corrected chi connectivity index (χ1v) is 6.53. The molecule has 88 valence electrons. The van der Waals surface area contributed by atoms with Crippen molar-refractivity contribution in [3.8, 4) is 10.6 Å². The molecule has 0 radical (unpaired) electrons. The van der Waals surface area contributed by atoms with Crippen LogP contribution in [0, 0.1) is 0 Å². The fourth-order valence-electron chi connectivity index (χ4n) is 2.30. The van der Waals surface area contributed by atoms with Crippen LogP contribution in [0.3, 0.4) is 0 Å². The molecule has 0 bridgehead atoms. The molecule has 0 unspecified atom stereocenters. The van der Waals surface area contributed by atoms with Crippen LogP contribution in [0.15, 0.2) is 23.6 Å². The Labute approximate surface area is 103 Å². The third kappa shape index (κ3) is 1.69. The molecule has 17 heavy (non-hydrogen) atoms. The minimum absolute atomic E-state index is 0.444. The van der Waals surface area contributed by atoms with Crippen LogP contribution in [0.5, 0.6) is 0 Å². The molecule has 2 aromatic heterocycles. The van der Waals surface area contributed by atoms with Gasteiger partial charge in [0.1, 0.15) is 0 Å². The van der Waals surface area contributed by atoms with Gasteiger partial charge in [0.25, 0.3) is 0 Å². The summed E-state index contributed by atoms with van der Waals surface area (Å²) >= 11 is 1.64. The second-order valence-electron chi connectivity index (χ2n) is 4.44. The Morgan fingerprint density at radius 2 is 2.29 bits per heavy atom. The van der Waals surface area contributed by atoms with Gasteiger partial charge in [-0.05, 0) is 30.4 Å². The lowest BCUT2D eigenvalue weighted by atomic mass is 10.2. The predicted octanol–water partition coefficient (Wildman–Crippen LogP) is 3.33. The zero-order valence-electron chi connectivity index (χ0n) is 9.51. The summed E-state index contributed by atoms with van der Waals surface area (Å²) in [6, 6.07) is 5.83. The van der Waals surface area contributed by atoms with E-state index in [2.05, 4.69) is 0 Å². The Kier molecular flexibility index (Phi) is 2.33. The maximum Gasteiger partial charge on any atom is 0.337 e. The zero-order valence-corrected chi connectivity index (χ0v) is 10.3. The van der Waals surface area contributed by atoms with Gasteiger partial charge in [0.05, 0.1) is 16.1 Å². The number of thiophene rings is 1. The summed E-state index contributed by atoms with van der Waals surface area (Å²) in [5.74, 6) is -0.370. The number of aromatic carboxylic acids is 1. The largest absolute Gasteiger partial charge is 0.478 e. The van der Waals surface area contributed by atoms with E-state index in [1.54, 1.807) is 11.3 Å². The molecule has 3 rings (SSSR count). The van der Waals surface area contributed by atoms with Crippen LogP contribution in [0.4, 0.5) is 0 Å². The first kappa shape index (κ1) is 10.6. The van der Waals surface area contributed by atoms with Gasteiger partial charge in [-0.2, -0.15) is 0 Å². The van der Waals surface area contributed by atoms with Gasteiger partial charge in [-0.25, -0.2) is 4.79 Å². The first-order chi connectivity index (χ1) is 8.18. The fourth-order valence-corrected chi connectivity index (χ4v) is 3.08. The molecule has 2 heterocycles. The van der Waals surface area contributed by atoms with Crippen molar-refractivity contribution in [3.05, 3.63) is 34.8 Å². The van der Waals surface area contributed by atoms with E-state index < -0.39 is 5.97 Å². The van der Waals surface area contributed by atoms with E-state index in [0.29, 0.717) is 11.5 Å². The fraction of sp³-hybridized carbons (Fsp3) is 0.308. The highest BCUT2D eigenvalue weighted by atomic mass is 32.1. The number of carboxylic acids is 1. The van der Waals surface area contributed by atoms with Gasteiger partial charge in [-0.3, -0.25) is 0 Å². The number of nitrogens with zero attached hydrogens (tertiary/aromatic N) is 1. The topological polar surface area (TPSA) is 42.2 Å². The molecule has 0 spiro atoms. The molecule has 0 atom stereocenters. The van der Waals surface area contributed by atoms with Crippen LogP contribution in [-0.4, -0.2) is 15.6 Å². The third-order valence-corrected chi connectivity index (χ3v) is 4.14. The second-order valence-corrected chi connectivity index (χ2v) is 5.39. The van der Waals surface area contributed by atoms with Crippen LogP contribution >= 0.6 is 11.3 Å². The minimum Gasteiger partial charge on any atom is -0.478 e. The Balaban J connectivity index is 2.17. The van der Waals surface area contributed by atoms with Crippen LogP contribution in [0.1, 0.15) is 34.8 Å². The zero-order chi connectivity index (χ0) is 12.0. The van der Waals surface area contributed by atoms with Crippen molar-refractivity contribution >= 4 is 17.3 Å². The van der Waals surface area contributed by atoms with Crippen molar-refractivity contribution in [2.75, 3.05) is 0 Å². The minimum atomic E-state index is -0.815. The molecule has 3 nitrogen and oxygen atoms in total. The van der Waals surface area contributed by atoms with Crippen molar-refractivity contribution in [3.63, 3.8) is 0 Å². The van der Waals surface area contributed by atoms with Crippen molar-refractivity contribution in [1.82, 2.24) is 4.57 Å². The normalized spacial score (nSPS) is 15.1. The molecule has 1 aliphatic rings. The standard InChI is InChI=1S/C13H13NO2S/c1-14-10(11-3-2-6-17-11)7-9(13(15)16)12(14)8-4-5-8/h2-3,6-8H,4-5H2,1H3,(H,15,16). The molecule has 0 aliphatic heterocycles. The molecular weight excluding hydrogens is 234 g/mol. The predicted molar refractivity (Wildman–Crippen MR) is 67.7 cm³/mol. The molecule has 4 heteroatoms. The molecule has 1 fully saturated rings. The number of hydrogen-bond donors (Lipinski definition) is 1. The lowest BCUT2D eigenvalue weighted by Crippen LogP contribution is -2.03. The molecule has 1 saturated carbocycles. The van der Waals surface area contributed by atoms with Gasteiger partial charge < -0.3 is 9.67 Å². The van der Waals surface area contributed by atoms with E-state index in [-0.39, 0.29) is 0 Å². The van der Waals surface area contributed by atoms with E-state index >= 15 is 0 Å². The molecule has 1 N–H and O–H groups in total. The summed E-state index contributed by atoms with van der Waals surface area (Å²) in [7, 11) is 1.97. The average Bonchev–Trinajstić information content (AvgIpc) is 2.86. The highest BCUT2D eigenvalue weighted by molar-refractivity contribution is 7.13. The number of carboxylic acid groups (broad SMARTS) is 1. The monoisotopic (exact) mass is 247 g/mol. The number of hydrogen-bond acceptors (Lipinski definition) is 2. The quantitative estimate of drug-likeness (QED) is 0.904. The van der Waals surface area contributed by atoms with Crippen molar-refractivity contribution in [2.24, 2.45) is 7.05 Å². The molecule has 0 aromatic carbocycles.